The summed E-state index contributed by atoms with van der Waals surface area (Å²) in [7, 11) is 0. The van der Waals surface area contributed by atoms with Gasteiger partial charge < -0.3 is 10.5 Å². The SMILES string of the molecule is Nc1ccn(CCOc2ccc3cc(Br)ccc3c2)n1. The molecule has 4 nitrogen and oxygen atoms in total. The molecule has 0 atom stereocenters. The molecule has 0 radical (unpaired) electrons. The third-order valence-electron chi connectivity index (χ3n) is 3.02. The van der Waals surface area contributed by atoms with Crippen molar-refractivity contribution in [3.63, 3.8) is 0 Å². The van der Waals surface area contributed by atoms with Gasteiger partial charge in [0.1, 0.15) is 18.2 Å². The standard InChI is InChI=1S/C15H14BrN3O/c16-13-3-1-12-10-14(4-2-11(12)9-13)20-8-7-19-6-5-15(17)18-19/h1-6,9-10H,7-8H2,(H2,17,18). The van der Waals surface area contributed by atoms with Crippen molar-refractivity contribution in [1.82, 2.24) is 9.78 Å². The Labute approximate surface area is 125 Å². The van der Waals surface area contributed by atoms with Crippen molar-refractivity contribution in [2.75, 3.05) is 12.3 Å². The molecule has 0 amide bonds. The lowest BCUT2D eigenvalue weighted by atomic mass is 10.1. The zero-order valence-electron chi connectivity index (χ0n) is 10.8. The van der Waals surface area contributed by atoms with Gasteiger partial charge >= 0.3 is 0 Å². The normalized spacial score (nSPS) is 10.8. The van der Waals surface area contributed by atoms with Gasteiger partial charge in [-0.15, -0.1) is 0 Å². The molecule has 3 aromatic rings. The molecule has 1 heterocycles. The lowest BCUT2D eigenvalue weighted by Crippen LogP contribution is -2.08. The number of nitrogens with zero attached hydrogens (tertiary/aromatic N) is 2. The Morgan fingerprint density at radius 1 is 1.10 bits per heavy atom. The number of benzene rings is 2. The largest absolute Gasteiger partial charge is 0.492 e. The Balaban J connectivity index is 1.67. The van der Waals surface area contributed by atoms with E-state index in [4.69, 9.17) is 10.5 Å². The van der Waals surface area contributed by atoms with Crippen LogP contribution in [-0.4, -0.2) is 16.4 Å². The summed E-state index contributed by atoms with van der Waals surface area (Å²) in [6, 6.07) is 14.0. The van der Waals surface area contributed by atoms with E-state index in [1.165, 1.54) is 5.39 Å². The van der Waals surface area contributed by atoms with Crippen molar-refractivity contribution in [3.05, 3.63) is 53.1 Å². The summed E-state index contributed by atoms with van der Waals surface area (Å²) in [5, 5.41) is 6.46. The van der Waals surface area contributed by atoms with Crippen LogP contribution >= 0.6 is 15.9 Å². The molecular formula is C15H14BrN3O. The molecule has 0 saturated carbocycles. The van der Waals surface area contributed by atoms with Crippen LogP contribution in [0.2, 0.25) is 0 Å². The van der Waals surface area contributed by atoms with Gasteiger partial charge in [-0.1, -0.05) is 28.1 Å². The Morgan fingerprint density at radius 2 is 1.90 bits per heavy atom. The molecule has 2 aromatic carbocycles. The quantitative estimate of drug-likeness (QED) is 0.796. The summed E-state index contributed by atoms with van der Waals surface area (Å²) < 4.78 is 8.59. The van der Waals surface area contributed by atoms with E-state index in [9.17, 15) is 0 Å². The number of nitrogen functional groups attached to an aromatic ring is 1. The Hall–Kier alpha value is -2.01. The number of anilines is 1. The van der Waals surface area contributed by atoms with E-state index in [-0.39, 0.29) is 0 Å². The van der Waals surface area contributed by atoms with Gasteiger partial charge in [0.2, 0.25) is 0 Å². The molecule has 20 heavy (non-hydrogen) atoms. The molecule has 0 aliphatic rings. The Kier molecular flexibility index (Phi) is 3.60. The van der Waals surface area contributed by atoms with Gasteiger partial charge in [-0.2, -0.15) is 5.10 Å². The predicted molar refractivity (Wildman–Crippen MR) is 83.8 cm³/mol. The molecule has 3 rings (SSSR count). The first-order valence-electron chi connectivity index (χ1n) is 6.32. The van der Waals surface area contributed by atoms with Crippen LogP contribution in [0.15, 0.2) is 53.1 Å². The van der Waals surface area contributed by atoms with Gasteiger partial charge in [0.05, 0.1) is 6.54 Å². The molecule has 102 valence electrons. The van der Waals surface area contributed by atoms with E-state index in [2.05, 4.69) is 39.2 Å². The fourth-order valence-corrected chi connectivity index (χ4v) is 2.42. The summed E-state index contributed by atoms with van der Waals surface area (Å²) >= 11 is 3.47. The van der Waals surface area contributed by atoms with Crippen molar-refractivity contribution in [2.24, 2.45) is 0 Å². The minimum Gasteiger partial charge on any atom is -0.492 e. The van der Waals surface area contributed by atoms with Crippen molar-refractivity contribution < 1.29 is 4.74 Å². The van der Waals surface area contributed by atoms with Crippen LogP contribution < -0.4 is 10.5 Å². The van der Waals surface area contributed by atoms with Crippen molar-refractivity contribution in [1.29, 1.82) is 0 Å². The third-order valence-corrected chi connectivity index (χ3v) is 3.52. The monoisotopic (exact) mass is 331 g/mol. The first-order chi connectivity index (χ1) is 9.70. The fourth-order valence-electron chi connectivity index (χ4n) is 2.04. The van der Waals surface area contributed by atoms with Gasteiger partial charge in [0.15, 0.2) is 0 Å². The van der Waals surface area contributed by atoms with Crippen LogP contribution in [0.1, 0.15) is 0 Å². The van der Waals surface area contributed by atoms with E-state index >= 15 is 0 Å². The first-order valence-corrected chi connectivity index (χ1v) is 7.11. The Morgan fingerprint density at radius 3 is 2.70 bits per heavy atom. The van der Waals surface area contributed by atoms with Crippen LogP contribution in [0.25, 0.3) is 10.8 Å². The summed E-state index contributed by atoms with van der Waals surface area (Å²) in [4.78, 5) is 0. The molecule has 5 heteroatoms. The number of nitrogens with two attached hydrogens (primary N) is 1. The van der Waals surface area contributed by atoms with Crippen LogP contribution in [0.3, 0.4) is 0 Å². The van der Waals surface area contributed by atoms with Crippen LogP contribution in [-0.2, 0) is 6.54 Å². The number of fused-ring (bicyclic) bond motifs is 1. The number of hydrogen-bond donors (Lipinski definition) is 1. The van der Waals surface area contributed by atoms with Crippen LogP contribution in [0, 0.1) is 0 Å². The lowest BCUT2D eigenvalue weighted by Gasteiger charge is -2.07. The zero-order valence-corrected chi connectivity index (χ0v) is 12.4. The highest BCUT2D eigenvalue weighted by atomic mass is 79.9. The second kappa shape index (κ2) is 5.54. The number of rotatable bonds is 4. The summed E-state index contributed by atoms with van der Waals surface area (Å²) in [6.07, 6.45) is 1.84. The topological polar surface area (TPSA) is 53.1 Å². The second-order valence-electron chi connectivity index (χ2n) is 4.51. The van der Waals surface area contributed by atoms with Gasteiger partial charge in [-0.05, 0) is 41.1 Å². The van der Waals surface area contributed by atoms with Gasteiger partial charge in [0, 0.05) is 10.7 Å². The van der Waals surface area contributed by atoms with Crippen molar-refractivity contribution in [2.45, 2.75) is 6.54 Å². The molecule has 0 saturated heterocycles. The summed E-state index contributed by atoms with van der Waals surface area (Å²) in [5.41, 5.74) is 5.56. The van der Waals surface area contributed by atoms with Crippen molar-refractivity contribution >= 4 is 32.5 Å². The molecule has 0 bridgehead atoms. The van der Waals surface area contributed by atoms with Crippen molar-refractivity contribution in [3.8, 4) is 5.75 Å². The number of halogens is 1. The fraction of sp³-hybridized carbons (Fsp3) is 0.133. The summed E-state index contributed by atoms with van der Waals surface area (Å²) in [6.45, 7) is 1.23. The minimum absolute atomic E-state index is 0.529. The molecule has 0 spiro atoms. The van der Waals surface area contributed by atoms with Gasteiger partial charge in [-0.25, -0.2) is 0 Å². The zero-order chi connectivity index (χ0) is 13.9. The maximum Gasteiger partial charge on any atom is 0.145 e. The highest BCUT2D eigenvalue weighted by molar-refractivity contribution is 9.10. The smallest absolute Gasteiger partial charge is 0.145 e. The number of hydrogen-bond acceptors (Lipinski definition) is 3. The Bertz CT molecular complexity index is 739. The molecule has 0 fully saturated rings. The molecule has 0 aliphatic carbocycles. The molecule has 1 aromatic heterocycles. The predicted octanol–water partition coefficient (Wildman–Crippen LogP) is 3.46. The molecule has 0 aliphatic heterocycles. The number of aromatic nitrogens is 2. The van der Waals surface area contributed by atoms with Crippen LogP contribution in [0.5, 0.6) is 5.75 Å². The molecule has 0 unspecified atom stereocenters. The van der Waals surface area contributed by atoms with E-state index in [0.717, 1.165) is 15.6 Å². The second-order valence-corrected chi connectivity index (χ2v) is 5.42. The van der Waals surface area contributed by atoms with E-state index in [1.807, 2.05) is 24.4 Å². The molecular weight excluding hydrogens is 318 g/mol. The maximum atomic E-state index is 5.74. The van der Waals surface area contributed by atoms with Crippen LogP contribution in [0.4, 0.5) is 5.82 Å². The van der Waals surface area contributed by atoms with E-state index in [0.29, 0.717) is 19.0 Å². The number of ether oxygens (including phenoxy) is 1. The minimum atomic E-state index is 0.529. The van der Waals surface area contributed by atoms with E-state index < -0.39 is 0 Å². The summed E-state index contributed by atoms with van der Waals surface area (Å²) in [5.74, 6) is 1.39. The van der Waals surface area contributed by atoms with Gasteiger partial charge in [0.25, 0.3) is 0 Å². The maximum absolute atomic E-state index is 5.74. The first kappa shape index (κ1) is 13.0. The average Bonchev–Trinajstić information content (AvgIpc) is 2.85. The van der Waals surface area contributed by atoms with Gasteiger partial charge in [-0.3, -0.25) is 4.68 Å². The highest BCUT2D eigenvalue weighted by Gasteiger charge is 2.00. The average molecular weight is 332 g/mol. The highest BCUT2D eigenvalue weighted by Crippen LogP contribution is 2.24. The third kappa shape index (κ3) is 2.93. The molecule has 2 N–H and O–H groups in total. The van der Waals surface area contributed by atoms with E-state index in [1.54, 1.807) is 10.7 Å². The lowest BCUT2D eigenvalue weighted by molar-refractivity contribution is 0.292.